The molecule has 1 aliphatic carbocycles. The van der Waals surface area contributed by atoms with E-state index in [1.807, 2.05) is 6.07 Å². The molecule has 1 heterocycles. The number of nitrogens with one attached hydrogen (secondary N) is 1. The predicted octanol–water partition coefficient (Wildman–Crippen LogP) is 1.99. The van der Waals surface area contributed by atoms with Crippen LogP contribution in [-0.4, -0.2) is 17.6 Å². The summed E-state index contributed by atoms with van der Waals surface area (Å²) in [6.07, 6.45) is 4.75. The van der Waals surface area contributed by atoms with Crippen molar-refractivity contribution in [3.05, 3.63) is 29.3 Å². The molecule has 0 spiro atoms. The molecule has 0 unspecified atom stereocenters. The van der Waals surface area contributed by atoms with Gasteiger partial charge in [-0.15, -0.1) is 0 Å². The number of aryl methyl sites for hydroxylation is 1. The van der Waals surface area contributed by atoms with Crippen LogP contribution in [0.5, 0.6) is 0 Å². The smallest absolute Gasteiger partial charge is 0.224 e. The normalized spacial score (nSPS) is 21.4. The highest BCUT2D eigenvalue weighted by molar-refractivity contribution is 5.93. The number of benzene rings is 1. The van der Waals surface area contributed by atoms with Crippen LogP contribution in [0.1, 0.15) is 36.8 Å². The van der Waals surface area contributed by atoms with Gasteiger partial charge in [-0.2, -0.15) is 0 Å². The maximum Gasteiger partial charge on any atom is 0.224 e. The van der Waals surface area contributed by atoms with Gasteiger partial charge in [0, 0.05) is 17.5 Å². The minimum Gasteiger partial charge on any atom is -0.395 e. The van der Waals surface area contributed by atoms with E-state index in [0.29, 0.717) is 6.42 Å². The van der Waals surface area contributed by atoms with E-state index in [1.165, 1.54) is 17.5 Å². The van der Waals surface area contributed by atoms with Crippen LogP contribution in [0.3, 0.4) is 0 Å². The van der Waals surface area contributed by atoms with Gasteiger partial charge in [-0.05, 0) is 36.5 Å². The van der Waals surface area contributed by atoms with Crippen molar-refractivity contribution in [2.45, 2.75) is 37.5 Å². The molecule has 0 radical (unpaired) electrons. The molecule has 1 fully saturated rings. The summed E-state index contributed by atoms with van der Waals surface area (Å²) in [5.41, 5.74) is 3.39. The second kappa shape index (κ2) is 3.84. The Morgan fingerprint density at radius 1 is 1.29 bits per heavy atom. The van der Waals surface area contributed by atoms with Crippen LogP contribution in [0.2, 0.25) is 0 Å². The number of hydrogen-bond acceptors (Lipinski definition) is 2. The molecule has 3 nitrogen and oxygen atoms in total. The van der Waals surface area contributed by atoms with E-state index >= 15 is 0 Å². The molecule has 3 rings (SSSR count). The number of amides is 1. The number of carbonyl (C=O) groups is 1. The highest BCUT2D eigenvalue weighted by Crippen LogP contribution is 2.44. The van der Waals surface area contributed by atoms with E-state index in [9.17, 15) is 9.90 Å². The quantitative estimate of drug-likeness (QED) is 0.817. The number of hydrogen-bond donors (Lipinski definition) is 2. The van der Waals surface area contributed by atoms with E-state index in [4.69, 9.17) is 0 Å². The monoisotopic (exact) mass is 231 g/mol. The van der Waals surface area contributed by atoms with Gasteiger partial charge in [0.25, 0.3) is 0 Å². The lowest BCUT2D eigenvalue weighted by Crippen LogP contribution is -2.38. The number of aliphatic hydroxyl groups is 1. The van der Waals surface area contributed by atoms with Gasteiger partial charge in [-0.25, -0.2) is 0 Å². The summed E-state index contributed by atoms with van der Waals surface area (Å²) in [6, 6.07) is 6.21. The highest BCUT2D eigenvalue weighted by Gasteiger charge is 2.38. The van der Waals surface area contributed by atoms with Gasteiger partial charge < -0.3 is 10.4 Å². The Bertz CT molecular complexity index is 458. The Kier molecular flexibility index (Phi) is 2.44. The molecule has 1 amide bonds. The molecule has 1 aliphatic heterocycles. The van der Waals surface area contributed by atoms with Gasteiger partial charge in [0.2, 0.25) is 5.91 Å². The maximum absolute atomic E-state index is 11.3. The predicted molar refractivity (Wildman–Crippen MR) is 66.0 cm³/mol. The Hall–Kier alpha value is -1.35. The Morgan fingerprint density at radius 2 is 2.12 bits per heavy atom. The van der Waals surface area contributed by atoms with E-state index < -0.39 is 0 Å². The third kappa shape index (κ3) is 1.65. The van der Waals surface area contributed by atoms with E-state index in [-0.39, 0.29) is 17.9 Å². The van der Waals surface area contributed by atoms with Crippen LogP contribution in [0, 0.1) is 0 Å². The van der Waals surface area contributed by atoms with Gasteiger partial charge in [0.15, 0.2) is 0 Å². The van der Waals surface area contributed by atoms with E-state index in [1.54, 1.807) is 0 Å². The number of anilines is 1. The van der Waals surface area contributed by atoms with Crippen LogP contribution >= 0.6 is 0 Å². The molecule has 2 N–H and O–H groups in total. The van der Waals surface area contributed by atoms with Gasteiger partial charge in [0.1, 0.15) is 0 Å². The van der Waals surface area contributed by atoms with Crippen molar-refractivity contribution in [2.75, 3.05) is 11.9 Å². The molecular weight excluding hydrogens is 214 g/mol. The summed E-state index contributed by atoms with van der Waals surface area (Å²) in [5.74, 6) is 0.103. The van der Waals surface area contributed by atoms with Gasteiger partial charge in [-0.3, -0.25) is 4.79 Å². The number of carbonyl (C=O) groups excluding carboxylic acids is 1. The molecule has 0 atom stereocenters. The van der Waals surface area contributed by atoms with Gasteiger partial charge in [-0.1, -0.05) is 18.6 Å². The Morgan fingerprint density at radius 3 is 2.76 bits per heavy atom. The summed E-state index contributed by atoms with van der Waals surface area (Å²) >= 11 is 0. The first-order chi connectivity index (χ1) is 8.23. The molecule has 0 aromatic heterocycles. The summed E-state index contributed by atoms with van der Waals surface area (Å²) in [5, 5.41) is 12.5. The second-order valence-electron chi connectivity index (χ2n) is 5.21. The average Bonchev–Trinajstić information content (AvgIpc) is 2.28. The van der Waals surface area contributed by atoms with Gasteiger partial charge in [0.05, 0.1) is 6.61 Å². The largest absolute Gasteiger partial charge is 0.395 e. The van der Waals surface area contributed by atoms with Gasteiger partial charge >= 0.3 is 0 Å². The molecule has 0 saturated heterocycles. The SMILES string of the molecule is O=C1CCc2cc(C3(CO)CCC3)ccc2N1. The highest BCUT2D eigenvalue weighted by atomic mass is 16.3. The van der Waals surface area contributed by atoms with Crippen LogP contribution in [0.4, 0.5) is 5.69 Å². The minimum absolute atomic E-state index is 0.00349. The van der Waals surface area contributed by atoms with Crippen molar-refractivity contribution in [2.24, 2.45) is 0 Å². The van der Waals surface area contributed by atoms with Crippen molar-refractivity contribution in [3.63, 3.8) is 0 Å². The number of rotatable bonds is 2. The second-order valence-corrected chi connectivity index (χ2v) is 5.21. The summed E-state index contributed by atoms with van der Waals surface area (Å²) in [6.45, 7) is 0.234. The fraction of sp³-hybridized carbons (Fsp3) is 0.500. The summed E-state index contributed by atoms with van der Waals surface area (Å²) in [4.78, 5) is 11.3. The number of aliphatic hydroxyl groups excluding tert-OH is 1. The summed E-state index contributed by atoms with van der Waals surface area (Å²) in [7, 11) is 0. The molecule has 3 heteroatoms. The molecule has 1 aromatic carbocycles. The maximum atomic E-state index is 11.3. The van der Waals surface area contributed by atoms with Crippen molar-refractivity contribution < 1.29 is 9.90 Å². The zero-order chi connectivity index (χ0) is 11.9. The van der Waals surface area contributed by atoms with Crippen LogP contribution < -0.4 is 5.32 Å². The number of fused-ring (bicyclic) bond motifs is 1. The molecule has 1 aromatic rings. The Labute approximate surface area is 101 Å². The average molecular weight is 231 g/mol. The fourth-order valence-electron chi connectivity index (χ4n) is 2.85. The van der Waals surface area contributed by atoms with Crippen molar-refractivity contribution in [1.29, 1.82) is 0 Å². The van der Waals surface area contributed by atoms with Crippen molar-refractivity contribution >= 4 is 11.6 Å². The third-order valence-corrected chi connectivity index (χ3v) is 4.23. The van der Waals surface area contributed by atoms with Crippen molar-refractivity contribution in [3.8, 4) is 0 Å². The first-order valence-corrected chi connectivity index (χ1v) is 6.28. The lowest BCUT2D eigenvalue weighted by atomic mass is 9.64. The first-order valence-electron chi connectivity index (χ1n) is 6.28. The minimum atomic E-state index is -0.00349. The topological polar surface area (TPSA) is 49.3 Å². The van der Waals surface area contributed by atoms with E-state index in [2.05, 4.69) is 17.4 Å². The molecule has 17 heavy (non-hydrogen) atoms. The fourth-order valence-corrected chi connectivity index (χ4v) is 2.85. The standard InChI is InChI=1S/C14H17NO2/c16-9-14(6-1-7-14)11-3-4-12-10(8-11)2-5-13(17)15-12/h3-4,8,16H,1-2,5-7,9H2,(H,15,17). The lowest BCUT2D eigenvalue weighted by molar-refractivity contribution is -0.116. The third-order valence-electron chi connectivity index (χ3n) is 4.23. The molecule has 2 aliphatic rings. The zero-order valence-electron chi connectivity index (χ0n) is 9.83. The lowest BCUT2D eigenvalue weighted by Gasteiger charge is -2.41. The zero-order valence-corrected chi connectivity index (χ0v) is 9.83. The molecule has 1 saturated carbocycles. The first kappa shape index (κ1) is 10.8. The molecule has 0 bridgehead atoms. The van der Waals surface area contributed by atoms with Crippen LogP contribution in [0.15, 0.2) is 18.2 Å². The Balaban J connectivity index is 1.96. The van der Waals surface area contributed by atoms with Crippen LogP contribution in [0.25, 0.3) is 0 Å². The molecule has 90 valence electrons. The molecular formula is C14H17NO2. The van der Waals surface area contributed by atoms with E-state index in [0.717, 1.165) is 24.9 Å². The van der Waals surface area contributed by atoms with Crippen LogP contribution in [-0.2, 0) is 16.6 Å². The summed E-state index contributed by atoms with van der Waals surface area (Å²) < 4.78 is 0. The van der Waals surface area contributed by atoms with Crippen molar-refractivity contribution in [1.82, 2.24) is 0 Å².